The molecular weight excluding hydrogens is 236 g/mol. The second kappa shape index (κ2) is 10.7. The molecule has 0 saturated carbocycles. The molecule has 0 aromatic carbocycles. The third-order valence-corrected chi connectivity index (χ3v) is 4.33. The molecule has 1 atom stereocenters. The van der Waals surface area contributed by atoms with Gasteiger partial charge >= 0.3 is 0 Å². The lowest BCUT2D eigenvalue weighted by atomic mass is 10.0. The number of aliphatic hydroxyl groups excluding tert-OH is 1. The summed E-state index contributed by atoms with van der Waals surface area (Å²) in [5.74, 6) is 0. The molecule has 2 nitrogen and oxygen atoms in total. The van der Waals surface area contributed by atoms with Crippen LogP contribution in [-0.4, -0.2) is 23.9 Å². The zero-order chi connectivity index (χ0) is 13.8. The molecule has 1 N–H and O–H groups in total. The lowest BCUT2D eigenvalue weighted by Crippen LogP contribution is -2.16. The summed E-state index contributed by atoms with van der Waals surface area (Å²) in [6.07, 6.45) is 17.7. The van der Waals surface area contributed by atoms with Crippen molar-refractivity contribution in [3.63, 3.8) is 0 Å². The number of aliphatic hydroxyl groups is 1. The van der Waals surface area contributed by atoms with Crippen LogP contribution in [0.25, 0.3) is 0 Å². The van der Waals surface area contributed by atoms with Gasteiger partial charge in [0.25, 0.3) is 0 Å². The Morgan fingerprint density at radius 2 is 1.21 bits per heavy atom. The number of ether oxygens (including phenoxy) is 1. The lowest BCUT2D eigenvalue weighted by Gasteiger charge is -2.07. The van der Waals surface area contributed by atoms with Gasteiger partial charge in [0.1, 0.15) is 5.60 Å². The van der Waals surface area contributed by atoms with Crippen molar-refractivity contribution in [3.05, 3.63) is 0 Å². The van der Waals surface area contributed by atoms with Crippen LogP contribution < -0.4 is 0 Å². The Kier molecular flexibility index (Phi) is 9.54. The first-order valence-electron chi connectivity index (χ1n) is 8.58. The maximum Gasteiger partial charge on any atom is 0.115 e. The standard InChI is InChI=1S/C17H34O2/c1-2-3-4-5-6-7-8-9-10-11-12-13-14-17(15-18)16-19-17/h18H,2-16H2,1H3/t17-/m1/s1. The van der Waals surface area contributed by atoms with Gasteiger partial charge in [-0.2, -0.15) is 0 Å². The van der Waals surface area contributed by atoms with Gasteiger partial charge in [-0.15, -0.1) is 0 Å². The number of unbranched alkanes of at least 4 members (excludes halogenated alkanes) is 11. The first kappa shape index (κ1) is 17.0. The molecule has 0 aromatic rings. The summed E-state index contributed by atoms with van der Waals surface area (Å²) in [6.45, 7) is 3.27. The van der Waals surface area contributed by atoms with Gasteiger partial charge in [-0.3, -0.25) is 0 Å². The largest absolute Gasteiger partial charge is 0.393 e. The van der Waals surface area contributed by atoms with Crippen LogP contribution in [0.4, 0.5) is 0 Å². The molecule has 1 heterocycles. The highest BCUT2D eigenvalue weighted by Gasteiger charge is 2.43. The highest BCUT2D eigenvalue weighted by Crippen LogP contribution is 2.32. The van der Waals surface area contributed by atoms with Crippen molar-refractivity contribution >= 4 is 0 Å². The average Bonchev–Trinajstić information content (AvgIpc) is 3.21. The Labute approximate surface area is 119 Å². The quantitative estimate of drug-likeness (QED) is 0.362. The van der Waals surface area contributed by atoms with E-state index in [0.29, 0.717) is 0 Å². The number of epoxide rings is 1. The molecule has 1 rings (SSSR count). The van der Waals surface area contributed by atoms with E-state index in [4.69, 9.17) is 9.84 Å². The third kappa shape index (κ3) is 8.65. The van der Waals surface area contributed by atoms with Gasteiger partial charge in [-0.25, -0.2) is 0 Å². The molecule has 0 bridgehead atoms. The molecular formula is C17H34O2. The van der Waals surface area contributed by atoms with Gasteiger partial charge in [0.05, 0.1) is 13.2 Å². The molecule has 0 radical (unpaired) electrons. The van der Waals surface area contributed by atoms with E-state index in [1.165, 1.54) is 77.0 Å². The van der Waals surface area contributed by atoms with E-state index in [1.807, 2.05) is 0 Å². The minimum atomic E-state index is -0.113. The second-order valence-corrected chi connectivity index (χ2v) is 6.27. The zero-order valence-electron chi connectivity index (χ0n) is 13.0. The van der Waals surface area contributed by atoms with E-state index in [0.717, 1.165) is 13.0 Å². The van der Waals surface area contributed by atoms with Gasteiger partial charge < -0.3 is 9.84 Å². The van der Waals surface area contributed by atoms with Gasteiger partial charge in [0, 0.05) is 0 Å². The van der Waals surface area contributed by atoms with Crippen molar-refractivity contribution in [2.75, 3.05) is 13.2 Å². The first-order chi connectivity index (χ1) is 9.33. The summed E-state index contributed by atoms with van der Waals surface area (Å²) < 4.78 is 5.30. The van der Waals surface area contributed by atoms with Crippen molar-refractivity contribution in [1.82, 2.24) is 0 Å². The number of hydrogen-bond donors (Lipinski definition) is 1. The number of hydrogen-bond acceptors (Lipinski definition) is 2. The van der Waals surface area contributed by atoms with Crippen LogP contribution in [0.15, 0.2) is 0 Å². The van der Waals surface area contributed by atoms with Gasteiger partial charge in [0.15, 0.2) is 0 Å². The molecule has 1 aliphatic rings. The van der Waals surface area contributed by atoms with Crippen LogP contribution in [0.2, 0.25) is 0 Å². The van der Waals surface area contributed by atoms with Crippen molar-refractivity contribution in [1.29, 1.82) is 0 Å². The van der Waals surface area contributed by atoms with Crippen LogP contribution in [0.3, 0.4) is 0 Å². The molecule has 0 spiro atoms. The molecule has 2 heteroatoms. The molecule has 0 aliphatic carbocycles. The van der Waals surface area contributed by atoms with Crippen LogP contribution in [0, 0.1) is 0 Å². The molecule has 114 valence electrons. The summed E-state index contributed by atoms with van der Waals surface area (Å²) in [6, 6.07) is 0. The van der Waals surface area contributed by atoms with E-state index >= 15 is 0 Å². The second-order valence-electron chi connectivity index (χ2n) is 6.27. The fourth-order valence-corrected chi connectivity index (χ4v) is 2.70. The average molecular weight is 270 g/mol. The van der Waals surface area contributed by atoms with Crippen molar-refractivity contribution in [2.45, 2.75) is 96.0 Å². The van der Waals surface area contributed by atoms with Crippen LogP contribution in [0.5, 0.6) is 0 Å². The summed E-state index contributed by atoms with van der Waals surface area (Å²) in [7, 11) is 0. The molecule has 0 unspecified atom stereocenters. The Bertz CT molecular complexity index is 199. The predicted octanol–water partition coefficient (Wildman–Crippen LogP) is 4.84. The monoisotopic (exact) mass is 270 g/mol. The molecule has 1 fully saturated rings. The highest BCUT2D eigenvalue weighted by molar-refractivity contribution is 4.90. The topological polar surface area (TPSA) is 32.8 Å². The number of rotatable bonds is 14. The minimum absolute atomic E-state index is 0.113. The van der Waals surface area contributed by atoms with Crippen LogP contribution in [0.1, 0.15) is 90.4 Å². The maximum absolute atomic E-state index is 9.11. The Hall–Kier alpha value is -0.0800. The molecule has 19 heavy (non-hydrogen) atoms. The molecule has 0 aromatic heterocycles. The first-order valence-corrected chi connectivity index (χ1v) is 8.58. The molecule has 1 aliphatic heterocycles. The lowest BCUT2D eigenvalue weighted by molar-refractivity contribution is 0.161. The SMILES string of the molecule is CCCCCCCCCCCCCC[C@@]1(CO)CO1. The van der Waals surface area contributed by atoms with Crippen molar-refractivity contribution in [3.8, 4) is 0 Å². The van der Waals surface area contributed by atoms with Crippen LogP contribution >= 0.6 is 0 Å². The van der Waals surface area contributed by atoms with E-state index in [2.05, 4.69) is 6.92 Å². The summed E-state index contributed by atoms with van der Waals surface area (Å²) in [4.78, 5) is 0. The van der Waals surface area contributed by atoms with Crippen LogP contribution in [-0.2, 0) is 4.74 Å². The molecule has 0 amide bonds. The van der Waals surface area contributed by atoms with Gasteiger partial charge in [-0.1, -0.05) is 84.0 Å². The van der Waals surface area contributed by atoms with E-state index < -0.39 is 0 Å². The van der Waals surface area contributed by atoms with Crippen molar-refractivity contribution in [2.24, 2.45) is 0 Å². The molecule has 1 saturated heterocycles. The fraction of sp³-hybridized carbons (Fsp3) is 1.00. The smallest absolute Gasteiger partial charge is 0.115 e. The van der Waals surface area contributed by atoms with Gasteiger partial charge in [-0.05, 0) is 6.42 Å². The Balaban J connectivity index is 1.70. The summed E-state index contributed by atoms with van der Waals surface area (Å²) in [5.41, 5.74) is -0.113. The highest BCUT2D eigenvalue weighted by atomic mass is 16.6. The Morgan fingerprint density at radius 3 is 1.58 bits per heavy atom. The van der Waals surface area contributed by atoms with E-state index in [9.17, 15) is 0 Å². The normalized spacial score (nSPS) is 21.8. The fourth-order valence-electron chi connectivity index (χ4n) is 2.70. The van der Waals surface area contributed by atoms with E-state index in [1.54, 1.807) is 0 Å². The summed E-state index contributed by atoms with van der Waals surface area (Å²) in [5, 5.41) is 9.11. The third-order valence-electron chi connectivity index (χ3n) is 4.33. The minimum Gasteiger partial charge on any atom is -0.393 e. The predicted molar refractivity (Wildman–Crippen MR) is 81.5 cm³/mol. The van der Waals surface area contributed by atoms with E-state index in [-0.39, 0.29) is 12.2 Å². The van der Waals surface area contributed by atoms with Gasteiger partial charge in [0.2, 0.25) is 0 Å². The van der Waals surface area contributed by atoms with Crippen molar-refractivity contribution < 1.29 is 9.84 Å². The zero-order valence-corrected chi connectivity index (χ0v) is 13.0. The summed E-state index contributed by atoms with van der Waals surface area (Å²) >= 11 is 0. The maximum atomic E-state index is 9.11. The Morgan fingerprint density at radius 1 is 0.789 bits per heavy atom.